The molecule has 1 aliphatic rings. The minimum Gasteiger partial charge on any atom is -0.493 e. The maximum atomic E-state index is 11.2. The van der Waals surface area contributed by atoms with Crippen LogP contribution in [0.15, 0.2) is 30.3 Å². The molecule has 0 fully saturated rings. The van der Waals surface area contributed by atoms with E-state index in [4.69, 9.17) is 18.9 Å². The molecule has 0 bridgehead atoms. The van der Waals surface area contributed by atoms with Crippen LogP contribution in [0.1, 0.15) is 10.4 Å². The number of fused-ring (bicyclic) bond motifs is 1. The van der Waals surface area contributed by atoms with Gasteiger partial charge in [-0.25, -0.2) is 0 Å². The minimum atomic E-state index is 0.226. The van der Waals surface area contributed by atoms with Crippen LogP contribution in [-0.4, -0.2) is 27.3 Å². The monoisotopic (exact) mass is 286 g/mol. The third-order valence-corrected chi connectivity index (χ3v) is 3.34. The minimum absolute atomic E-state index is 0.226. The van der Waals surface area contributed by atoms with Gasteiger partial charge in [0.25, 0.3) is 0 Å². The molecule has 2 aromatic rings. The van der Waals surface area contributed by atoms with Gasteiger partial charge in [0.2, 0.25) is 6.79 Å². The molecule has 0 amide bonds. The van der Waals surface area contributed by atoms with E-state index < -0.39 is 0 Å². The fraction of sp³-hybridized carbons (Fsp3) is 0.188. The number of benzene rings is 2. The normalized spacial score (nSPS) is 12.1. The van der Waals surface area contributed by atoms with Crippen molar-refractivity contribution >= 4 is 6.29 Å². The van der Waals surface area contributed by atoms with Crippen molar-refractivity contribution in [2.45, 2.75) is 0 Å². The first-order valence-corrected chi connectivity index (χ1v) is 6.38. The van der Waals surface area contributed by atoms with Gasteiger partial charge in [-0.1, -0.05) is 6.07 Å². The van der Waals surface area contributed by atoms with Crippen LogP contribution in [0, 0.1) is 0 Å². The van der Waals surface area contributed by atoms with Gasteiger partial charge in [0.15, 0.2) is 29.3 Å². The highest BCUT2D eigenvalue weighted by Gasteiger charge is 2.16. The van der Waals surface area contributed by atoms with Crippen LogP contribution in [0.4, 0.5) is 0 Å². The van der Waals surface area contributed by atoms with E-state index in [1.165, 1.54) is 14.2 Å². The van der Waals surface area contributed by atoms with E-state index in [1.54, 1.807) is 6.07 Å². The summed E-state index contributed by atoms with van der Waals surface area (Å²) >= 11 is 0. The fourth-order valence-corrected chi connectivity index (χ4v) is 2.32. The molecule has 108 valence electrons. The number of hydrogen-bond donors (Lipinski definition) is 0. The quantitative estimate of drug-likeness (QED) is 0.809. The predicted molar refractivity (Wildman–Crippen MR) is 76.5 cm³/mol. The second kappa shape index (κ2) is 5.36. The van der Waals surface area contributed by atoms with Crippen LogP contribution < -0.4 is 18.9 Å². The van der Waals surface area contributed by atoms with Crippen molar-refractivity contribution in [3.05, 3.63) is 35.9 Å². The Morgan fingerprint density at radius 2 is 1.81 bits per heavy atom. The molecule has 3 rings (SSSR count). The maximum Gasteiger partial charge on any atom is 0.231 e. The van der Waals surface area contributed by atoms with Gasteiger partial charge in [0.05, 0.1) is 19.8 Å². The second-order valence-corrected chi connectivity index (χ2v) is 4.49. The van der Waals surface area contributed by atoms with Crippen LogP contribution in [0.2, 0.25) is 0 Å². The highest BCUT2D eigenvalue weighted by Crippen LogP contribution is 2.39. The molecule has 0 radical (unpaired) electrons. The van der Waals surface area contributed by atoms with Crippen molar-refractivity contribution < 1.29 is 23.7 Å². The molecule has 0 aliphatic carbocycles. The van der Waals surface area contributed by atoms with Crippen LogP contribution in [-0.2, 0) is 0 Å². The number of methoxy groups -OCH3 is 2. The molecule has 0 N–H and O–H groups in total. The van der Waals surface area contributed by atoms with E-state index in [9.17, 15) is 4.79 Å². The summed E-state index contributed by atoms with van der Waals surface area (Å²) in [5, 5.41) is 0. The summed E-state index contributed by atoms with van der Waals surface area (Å²) < 4.78 is 21.2. The molecule has 0 spiro atoms. The highest BCUT2D eigenvalue weighted by molar-refractivity contribution is 5.85. The molecular formula is C16H14O5. The molecule has 21 heavy (non-hydrogen) atoms. The van der Waals surface area contributed by atoms with Gasteiger partial charge >= 0.3 is 0 Å². The number of carbonyl (C=O) groups is 1. The Bertz CT molecular complexity index is 693. The average molecular weight is 286 g/mol. The molecule has 1 aliphatic heterocycles. The molecule has 5 heteroatoms. The topological polar surface area (TPSA) is 54.0 Å². The Morgan fingerprint density at radius 3 is 2.52 bits per heavy atom. The van der Waals surface area contributed by atoms with Crippen molar-refractivity contribution in [3.8, 4) is 34.1 Å². The molecule has 5 nitrogen and oxygen atoms in total. The van der Waals surface area contributed by atoms with Crippen LogP contribution in [0.5, 0.6) is 23.0 Å². The van der Waals surface area contributed by atoms with E-state index in [1.807, 2.05) is 24.3 Å². The Balaban J connectivity index is 2.12. The number of hydrogen-bond acceptors (Lipinski definition) is 5. The van der Waals surface area contributed by atoms with Gasteiger partial charge < -0.3 is 18.9 Å². The molecule has 0 atom stereocenters. The first-order chi connectivity index (χ1) is 10.3. The lowest BCUT2D eigenvalue weighted by Crippen LogP contribution is -1.96. The van der Waals surface area contributed by atoms with Gasteiger partial charge in [-0.05, 0) is 35.4 Å². The molecule has 2 aromatic carbocycles. The summed E-state index contributed by atoms with van der Waals surface area (Å²) in [5.41, 5.74) is 2.18. The Hall–Kier alpha value is -2.69. The van der Waals surface area contributed by atoms with Crippen LogP contribution >= 0.6 is 0 Å². The van der Waals surface area contributed by atoms with Gasteiger partial charge in [-0.15, -0.1) is 0 Å². The molecular weight excluding hydrogens is 272 g/mol. The van der Waals surface area contributed by atoms with E-state index in [0.717, 1.165) is 23.2 Å². The smallest absolute Gasteiger partial charge is 0.231 e. The summed E-state index contributed by atoms with van der Waals surface area (Å²) in [7, 11) is 3.04. The van der Waals surface area contributed by atoms with Crippen molar-refractivity contribution in [3.63, 3.8) is 0 Å². The Kier molecular flexibility index (Phi) is 3.39. The summed E-state index contributed by atoms with van der Waals surface area (Å²) in [4.78, 5) is 11.2. The Morgan fingerprint density at radius 1 is 1.00 bits per heavy atom. The van der Waals surface area contributed by atoms with Gasteiger partial charge in [0.1, 0.15) is 0 Å². The third kappa shape index (κ3) is 2.27. The number of aldehydes is 1. The predicted octanol–water partition coefficient (Wildman–Crippen LogP) is 2.91. The SMILES string of the molecule is COc1cc(-c2ccc3c(c2)OCO3)cc(C=O)c1OC. The van der Waals surface area contributed by atoms with E-state index in [2.05, 4.69) is 0 Å². The first-order valence-electron chi connectivity index (χ1n) is 6.38. The highest BCUT2D eigenvalue weighted by atomic mass is 16.7. The zero-order valence-electron chi connectivity index (χ0n) is 11.7. The lowest BCUT2D eigenvalue weighted by Gasteiger charge is -2.12. The molecule has 0 saturated heterocycles. The maximum absolute atomic E-state index is 11.2. The standard InChI is InChI=1S/C16H14O5/c1-18-15-7-11(5-12(8-17)16(15)19-2)10-3-4-13-14(6-10)21-9-20-13/h3-8H,9H2,1-2H3. The zero-order valence-corrected chi connectivity index (χ0v) is 11.7. The molecule has 1 heterocycles. The molecule has 0 saturated carbocycles. The van der Waals surface area contributed by atoms with Crippen molar-refractivity contribution in [2.75, 3.05) is 21.0 Å². The lowest BCUT2D eigenvalue weighted by molar-refractivity contribution is 0.112. The second-order valence-electron chi connectivity index (χ2n) is 4.49. The average Bonchev–Trinajstić information content (AvgIpc) is 3.00. The van der Waals surface area contributed by atoms with Crippen molar-refractivity contribution in [1.82, 2.24) is 0 Å². The van der Waals surface area contributed by atoms with Crippen molar-refractivity contribution in [2.24, 2.45) is 0 Å². The van der Waals surface area contributed by atoms with Crippen LogP contribution in [0.25, 0.3) is 11.1 Å². The summed E-state index contributed by atoms with van der Waals surface area (Å²) in [5.74, 6) is 2.34. The van der Waals surface area contributed by atoms with Gasteiger partial charge in [0, 0.05) is 0 Å². The zero-order chi connectivity index (χ0) is 14.8. The van der Waals surface area contributed by atoms with Crippen LogP contribution in [0.3, 0.4) is 0 Å². The molecule has 0 aromatic heterocycles. The number of carbonyl (C=O) groups excluding carboxylic acids is 1. The van der Waals surface area contributed by atoms with E-state index in [0.29, 0.717) is 22.8 Å². The summed E-state index contributed by atoms with van der Waals surface area (Å²) in [6.07, 6.45) is 0.748. The van der Waals surface area contributed by atoms with Gasteiger partial charge in [-0.2, -0.15) is 0 Å². The van der Waals surface area contributed by atoms with E-state index in [-0.39, 0.29) is 6.79 Å². The lowest BCUT2D eigenvalue weighted by atomic mass is 10.0. The summed E-state index contributed by atoms with van der Waals surface area (Å²) in [6, 6.07) is 9.20. The van der Waals surface area contributed by atoms with E-state index >= 15 is 0 Å². The van der Waals surface area contributed by atoms with Gasteiger partial charge in [-0.3, -0.25) is 4.79 Å². The Labute approximate surface area is 122 Å². The third-order valence-electron chi connectivity index (χ3n) is 3.34. The fourth-order valence-electron chi connectivity index (χ4n) is 2.32. The van der Waals surface area contributed by atoms with Crippen molar-refractivity contribution in [1.29, 1.82) is 0 Å². The number of rotatable bonds is 4. The summed E-state index contributed by atoms with van der Waals surface area (Å²) in [6.45, 7) is 0.226. The largest absolute Gasteiger partial charge is 0.493 e. The first kappa shape index (κ1) is 13.3. The number of ether oxygens (including phenoxy) is 4. The molecule has 0 unspecified atom stereocenters.